The molecule has 2 aromatic heterocycles. The summed E-state index contributed by atoms with van der Waals surface area (Å²) in [5.74, 6) is -0.598. The SMILES string of the molecule is CCc1cc2c(C(=O)Nc3c(Cl)cc(C#N)cc3Cl)cnc(OC(F)F)c2o1. The predicted molar refractivity (Wildman–Crippen MR) is 99.1 cm³/mol. The number of hydrogen-bond donors (Lipinski definition) is 1. The van der Waals surface area contributed by atoms with Crippen molar-refractivity contribution < 1.29 is 22.7 Å². The van der Waals surface area contributed by atoms with E-state index in [4.69, 9.17) is 32.9 Å². The molecule has 2 heterocycles. The van der Waals surface area contributed by atoms with Crippen LogP contribution in [0.25, 0.3) is 11.0 Å². The van der Waals surface area contributed by atoms with Crippen molar-refractivity contribution in [2.75, 3.05) is 5.32 Å². The number of alkyl halides is 2. The van der Waals surface area contributed by atoms with Crippen molar-refractivity contribution in [2.45, 2.75) is 20.0 Å². The van der Waals surface area contributed by atoms with Crippen LogP contribution in [0.2, 0.25) is 10.0 Å². The summed E-state index contributed by atoms with van der Waals surface area (Å²) in [6.45, 7) is -1.30. The average Bonchev–Trinajstić information content (AvgIpc) is 3.09. The van der Waals surface area contributed by atoms with Gasteiger partial charge in [0.2, 0.25) is 0 Å². The second-order valence-electron chi connectivity index (χ2n) is 5.55. The zero-order valence-electron chi connectivity index (χ0n) is 14.2. The monoisotopic (exact) mass is 425 g/mol. The van der Waals surface area contributed by atoms with Crippen molar-refractivity contribution in [3.63, 3.8) is 0 Å². The summed E-state index contributed by atoms with van der Waals surface area (Å²) in [7, 11) is 0. The van der Waals surface area contributed by atoms with E-state index in [0.29, 0.717) is 12.2 Å². The lowest BCUT2D eigenvalue weighted by Crippen LogP contribution is -2.14. The second kappa shape index (κ2) is 8.00. The predicted octanol–water partition coefficient (Wildman–Crippen LogP) is 5.42. The highest BCUT2D eigenvalue weighted by Gasteiger charge is 2.22. The van der Waals surface area contributed by atoms with Crippen LogP contribution in [0.15, 0.2) is 28.8 Å². The third-order valence-corrected chi connectivity index (χ3v) is 4.38. The Kier molecular flexibility index (Phi) is 5.68. The molecular weight excluding hydrogens is 415 g/mol. The van der Waals surface area contributed by atoms with Gasteiger partial charge >= 0.3 is 6.61 Å². The quantitative estimate of drug-likeness (QED) is 0.589. The molecule has 3 rings (SSSR count). The van der Waals surface area contributed by atoms with Gasteiger partial charge in [-0.2, -0.15) is 14.0 Å². The van der Waals surface area contributed by atoms with Gasteiger partial charge in [-0.15, -0.1) is 0 Å². The first kappa shape index (κ1) is 19.9. The molecule has 0 unspecified atom stereocenters. The topological polar surface area (TPSA) is 88.2 Å². The van der Waals surface area contributed by atoms with E-state index in [2.05, 4.69) is 15.0 Å². The lowest BCUT2D eigenvalue weighted by molar-refractivity contribution is -0.0523. The van der Waals surface area contributed by atoms with Gasteiger partial charge in [-0.1, -0.05) is 30.1 Å². The Hall–Kier alpha value is -2.89. The van der Waals surface area contributed by atoms with Gasteiger partial charge in [0.1, 0.15) is 5.76 Å². The molecule has 144 valence electrons. The Morgan fingerprint density at radius 2 is 2.04 bits per heavy atom. The number of nitrogens with zero attached hydrogens (tertiary/aromatic N) is 2. The molecule has 0 aliphatic heterocycles. The zero-order chi connectivity index (χ0) is 20.4. The lowest BCUT2D eigenvalue weighted by atomic mass is 10.1. The number of furan rings is 1. The van der Waals surface area contributed by atoms with E-state index in [0.717, 1.165) is 6.20 Å². The molecule has 28 heavy (non-hydrogen) atoms. The largest absolute Gasteiger partial charge is 0.455 e. The standard InChI is InChI=1S/C18H11Cl2F2N3O3/c1-2-9-5-10-11(7-24-17(15(10)27-9)28-18(21)22)16(26)25-14-12(19)3-8(6-23)4-13(14)20/h3-5,7,18H,2H2,1H3,(H,25,26). The molecule has 0 aliphatic carbocycles. The van der Waals surface area contributed by atoms with Crippen LogP contribution in [0.4, 0.5) is 14.5 Å². The van der Waals surface area contributed by atoms with Gasteiger partial charge in [0.15, 0.2) is 5.58 Å². The van der Waals surface area contributed by atoms with Gasteiger partial charge < -0.3 is 14.5 Å². The maximum atomic E-state index is 12.8. The molecule has 1 amide bonds. The molecule has 6 nitrogen and oxygen atoms in total. The minimum atomic E-state index is -3.10. The number of ether oxygens (including phenoxy) is 1. The Morgan fingerprint density at radius 3 is 2.61 bits per heavy atom. The molecule has 1 N–H and O–H groups in total. The minimum Gasteiger partial charge on any atom is -0.455 e. The number of nitrogens with one attached hydrogen (secondary N) is 1. The van der Waals surface area contributed by atoms with Crippen LogP contribution in [0, 0.1) is 11.3 Å². The third kappa shape index (κ3) is 3.86. The van der Waals surface area contributed by atoms with Crippen molar-refractivity contribution in [3.05, 3.63) is 51.3 Å². The highest BCUT2D eigenvalue weighted by molar-refractivity contribution is 6.40. The molecule has 0 aliphatic rings. The summed E-state index contributed by atoms with van der Waals surface area (Å²) in [5, 5.41) is 11.9. The number of carbonyl (C=O) groups excluding carboxylic acids is 1. The van der Waals surface area contributed by atoms with Gasteiger partial charge in [0.05, 0.1) is 32.9 Å². The van der Waals surface area contributed by atoms with Gasteiger partial charge in [-0.05, 0) is 18.2 Å². The fourth-order valence-electron chi connectivity index (χ4n) is 2.51. The molecule has 0 spiro atoms. The fraction of sp³-hybridized carbons (Fsp3) is 0.167. The maximum absolute atomic E-state index is 12.8. The summed E-state index contributed by atoms with van der Waals surface area (Å²) in [4.78, 5) is 16.5. The molecular formula is C18H11Cl2F2N3O3. The smallest absolute Gasteiger partial charge is 0.388 e. The number of fused-ring (bicyclic) bond motifs is 1. The highest BCUT2D eigenvalue weighted by atomic mass is 35.5. The summed E-state index contributed by atoms with van der Waals surface area (Å²) < 4.78 is 35.0. The van der Waals surface area contributed by atoms with Crippen LogP contribution in [0.3, 0.4) is 0 Å². The van der Waals surface area contributed by atoms with Crippen molar-refractivity contribution in [3.8, 4) is 11.9 Å². The summed E-state index contributed by atoms with van der Waals surface area (Å²) in [6, 6.07) is 6.15. The zero-order valence-corrected chi connectivity index (χ0v) is 15.7. The van der Waals surface area contributed by atoms with E-state index in [9.17, 15) is 13.6 Å². The van der Waals surface area contributed by atoms with Crippen LogP contribution < -0.4 is 10.1 Å². The third-order valence-electron chi connectivity index (χ3n) is 3.78. The molecule has 0 fully saturated rings. The summed E-state index contributed by atoms with van der Waals surface area (Å²) in [6.07, 6.45) is 1.56. The van der Waals surface area contributed by atoms with Crippen molar-refractivity contribution in [1.29, 1.82) is 5.26 Å². The molecule has 0 saturated heterocycles. The second-order valence-corrected chi connectivity index (χ2v) is 6.36. The Morgan fingerprint density at radius 1 is 1.36 bits per heavy atom. The summed E-state index contributed by atoms with van der Waals surface area (Å²) >= 11 is 12.2. The number of benzene rings is 1. The van der Waals surface area contributed by atoms with E-state index in [-0.39, 0.29) is 37.8 Å². The maximum Gasteiger partial charge on any atom is 0.388 e. The Labute approximate surface area is 167 Å². The van der Waals surface area contributed by atoms with Crippen molar-refractivity contribution in [2.24, 2.45) is 0 Å². The molecule has 1 aromatic carbocycles. The number of aryl methyl sites for hydroxylation is 1. The van der Waals surface area contributed by atoms with E-state index < -0.39 is 18.4 Å². The number of halogens is 4. The van der Waals surface area contributed by atoms with Crippen LogP contribution in [-0.2, 0) is 6.42 Å². The van der Waals surface area contributed by atoms with Crippen molar-refractivity contribution >= 4 is 45.8 Å². The Balaban J connectivity index is 2.03. The summed E-state index contributed by atoms with van der Waals surface area (Å²) in [5.41, 5.74) is 0.318. The first-order valence-electron chi connectivity index (χ1n) is 7.90. The van der Waals surface area contributed by atoms with Crippen LogP contribution >= 0.6 is 23.2 Å². The van der Waals surface area contributed by atoms with Crippen LogP contribution in [-0.4, -0.2) is 17.5 Å². The number of amides is 1. The molecule has 10 heteroatoms. The number of hydrogen-bond acceptors (Lipinski definition) is 5. The molecule has 0 saturated carbocycles. The van der Waals surface area contributed by atoms with E-state index in [1.165, 1.54) is 12.1 Å². The van der Waals surface area contributed by atoms with Crippen LogP contribution in [0.5, 0.6) is 5.88 Å². The first-order chi connectivity index (χ1) is 13.3. The number of rotatable bonds is 5. The van der Waals surface area contributed by atoms with E-state index >= 15 is 0 Å². The highest BCUT2D eigenvalue weighted by Crippen LogP contribution is 2.34. The van der Waals surface area contributed by atoms with Gasteiger partial charge in [0, 0.05) is 18.0 Å². The first-order valence-corrected chi connectivity index (χ1v) is 8.66. The number of carbonyl (C=O) groups is 1. The number of anilines is 1. The van der Waals surface area contributed by atoms with Gasteiger partial charge in [-0.25, -0.2) is 4.98 Å². The van der Waals surface area contributed by atoms with Crippen LogP contribution in [0.1, 0.15) is 28.6 Å². The van der Waals surface area contributed by atoms with E-state index in [1.54, 1.807) is 13.0 Å². The average molecular weight is 426 g/mol. The molecule has 0 radical (unpaired) electrons. The molecule has 0 atom stereocenters. The number of nitriles is 1. The molecule has 0 bridgehead atoms. The fourth-order valence-corrected chi connectivity index (χ4v) is 3.10. The number of pyridine rings is 1. The minimum absolute atomic E-state index is 0.0524. The Bertz CT molecular complexity index is 1090. The van der Waals surface area contributed by atoms with Gasteiger partial charge in [-0.3, -0.25) is 4.79 Å². The van der Waals surface area contributed by atoms with Gasteiger partial charge in [0.25, 0.3) is 11.8 Å². The molecule has 3 aromatic rings. The lowest BCUT2D eigenvalue weighted by Gasteiger charge is -2.11. The normalized spacial score (nSPS) is 10.9. The number of aromatic nitrogens is 1. The van der Waals surface area contributed by atoms with Crippen molar-refractivity contribution in [1.82, 2.24) is 4.98 Å². The van der Waals surface area contributed by atoms with E-state index in [1.807, 2.05) is 6.07 Å².